The van der Waals surface area contributed by atoms with E-state index >= 15 is 0 Å². The van der Waals surface area contributed by atoms with Gasteiger partial charge in [-0.15, -0.1) is 0 Å². The smallest absolute Gasteiger partial charge is 0.410 e. The highest BCUT2D eigenvalue weighted by Crippen LogP contribution is 2.39. The molecule has 0 fully saturated rings. The molecule has 1 atom stereocenters. The van der Waals surface area contributed by atoms with E-state index in [9.17, 15) is 4.79 Å². The summed E-state index contributed by atoms with van der Waals surface area (Å²) < 4.78 is 16.5. The fourth-order valence-electron chi connectivity index (χ4n) is 4.84. The number of carbonyl (C=O) groups is 1. The molecule has 1 unspecified atom stereocenters. The van der Waals surface area contributed by atoms with Gasteiger partial charge < -0.3 is 29.4 Å². The maximum atomic E-state index is 13.1. The number of methoxy groups -OCH3 is 1. The molecule has 0 saturated heterocycles. The number of H-pyrrole nitrogens is 1. The lowest BCUT2D eigenvalue weighted by Crippen LogP contribution is -2.41. The van der Waals surface area contributed by atoms with Gasteiger partial charge in [0.15, 0.2) is 0 Å². The summed E-state index contributed by atoms with van der Waals surface area (Å²) >= 11 is 6.29. The quantitative estimate of drug-likeness (QED) is 0.408. The van der Waals surface area contributed by atoms with Crippen molar-refractivity contribution in [1.29, 1.82) is 0 Å². The SMILES string of the molecule is COCCOC(=O)N1CCc2c([nH]c3ccc(Cl)cc23)C1c1ccc(OCCCN2C=CNC2)cc1. The average molecular weight is 511 g/mol. The van der Waals surface area contributed by atoms with Crippen molar-refractivity contribution in [3.63, 3.8) is 0 Å². The predicted octanol–water partition coefficient (Wildman–Crippen LogP) is 4.65. The number of hydrogen-bond acceptors (Lipinski definition) is 6. The van der Waals surface area contributed by atoms with Crippen molar-refractivity contribution in [2.45, 2.75) is 18.9 Å². The van der Waals surface area contributed by atoms with Crippen LogP contribution in [-0.2, 0) is 15.9 Å². The molecule has 9 heteroatoms. The van der Waals surface area contributed by atoms with Crippen molar-refractivity contribution < 1.29 is 19.0 Å². The molecular weight excluding hydrogens is 480 g/mol. The topological polar surface area (TPSA) is 79.1 Å². The number of fused-ring (bicyclic) bond motifs is 3. The van der Waals surface area contributed by atoms with Gasteiger partial charge in [-0.3, -0.25) is 4.90 Å². The zero-order valence-electron chi connectivity index (χ0n) is 20.3. The maximum absolute atomic E-state index is 13.1. The largest absolute Gasteiger partial charge is 0.494 e. The van der Waals surface area contributed by atoms with Gasteiger partial charge in [0, 0.05) is 54.2 Å². The minimum atomic E-state index is -0.356. The third-order valence-corrected chi connectivity index (χ3v) is 6.82. The zero-order chi connectivity index (χ0) is 24.9. The third-order valence-electron chi connectivity index (χ3n) is 6.59. The second-order valence-electron chi connectivity index (χ2n) is 8.92. The summed E-state index contributed by atoms with van der Waals surface area (Å²) in [7, 11) is 1.59. The Labute approximate surface area is 215 Å². The molecule has 5 rings (SSSR count). The van der Waals surface area contributed by atoms with Gasteiger partial charge in [0.2, 0.25) is 0 Å². The molecule has 2 N–H and O–H groups in total. The number of halogens is 1. The maximum Gasteiger partial charge on any atom is 0.410 e. The second kappa shape index (κ2) is 11.1. The summed E-state index contributed by atoms with van der Waals surface area (Å²) in [6.45, 7) is 3.54. The molecule has 2 aliphatic heterocycles. The number of rotatable bonds is 9. The minimum Gasteiger partial charge on any atom is -0.494 e. The van der Waals surface area contributed by atoms with Crippen molar-refractivity contribution in [3.05, 3.63) is 76.7 Å². The van der Waals surface area contributed by atoms with E-state index in [1.807, 2.05) is 48.7 Å². The lowest BCUT2D eigenvalue weighted by atomic mass is 9.92. The number of amides is 1. The lowest BCUT2D eigenvalue weighted by molar-refractivity contribution is 0.0629. The van der Waals surface area contributed by atoms with Crippen LogP contribution in [0.25, 0.3) is 10.9 Å². The number of hydrogen-bond donors (Lipinski definition) is 2. The first-order valence-electron chi connectivity index (χ1n) is 12.2. The van der Waals surface area contributed by atoms with Crippen LogP contribution in [0.15, 0.2) is 54.9 Å². The molecule has 36 heavy (non-hydrogen) atoms. The van der Waals surface area contributed by atoms with Gasteiger partial charge in [0.25, 0.3) is 0 Å². The average Bonchev–Trinajstić information content (AvgIpc) is 3.54. The van der Waals surface area contributed by atoms with Gasteiger partial charge in [-0.05, 0) is 54.3 Å². The van der Waals surface area contributed by atoms with Gasteiger partial charge >= 0.3 is 6.09 Å². The lowest BCUT2D eigenvalue weighted by Gasteiger charge is -2.35. The molecule has 0 aliphatic carbocycles. The first-order chi connectivity index (χ1) is 17.6. The van der Waals surface area contributed by atoms with Crippen molar-refractivity contribution in [1.82, 2.24) is 20.1 Å². The van der Waals surface area contributed by atoms with Gasteiger partial charge in [0.1, 0.15) is 18.4 Å². The van der Waals surface area contributed by atoms with E-state index in [0.717, 1.165) is 47.5 Å². The Morgan fingerprint density at radius 3 is 2.78 bits per heavy atom. The Kier molecular flexibility index (Phi) is 7.53. The first-order valence-corrected chi connectivity index (χ1v) is 12.6. The number of carbonyl (C=O) groups excluding carboxylic acids is 1. The van der Waals surface area contributed by atoms with Crippen LogP contribution < -0.4 is 10.1 Å². The molecule has 0 radical (unpaired) electrons. The van der Waals surface area contributed by atoms with Gasteiger partial charge in [-0.1, -0.05) is 23.7 Å². The Balaban J connectivity index is 1.36. The van der Waals surface area contributed by atoms with Crippen molar-refractivity contribution >= 4 is 28.6 Å². The first kappa shape index (κ1) is 24.3. The number of ether oxygens (including phenoxy) is 3. The molecule has 2 aliphatic rings. The van der Waals surface area contributed by atoms with Crippen LogP contribution in [0.5, 0.6) is 5.75 Å². The standard InChI is InChI=1S/C27H31ClN4O4/c1-34-15-16-36-27(33)32-12-9-22-23-17-20(28)5-8-24(23)30-25(22)26(32)19-3-6-21(7-4-19)35-14-2-11-31-13-10-29-18-31/h3-8,10,13,17,26,29-30H,2,9,11-12,14-16,18H2,1H3. The predicted molar refractivity (Wildman–Crippen MR) is 139 cm³/mol. The van der Waals surface area contributed by atoms with Gasteiger partial charge in [-0.2, -0.15) is 0 Å². The van der Waals surface area contributed by atoms with Gasteiger partial charge in [0.05, 0.1) is 19.9 Å². The molecule has 3 aromatic rings. The fraction of sp³-hybridized carbons (Fsp3) is 0.370. The monoisotopic (exact) mass is 510 g/mol. The molecule has 2 aromatic carbocycles. The van der Waals surface area contributed by atoms with E-state index in [-0.39, 0.29) is 18.7 Å². The molecule has 0 spiro atoms. The molecule has 3 heterocycles. The summed E-state index contributed by atoms with van der Waals surface area (Å²) in [6.07, 6.45) is 5.30. The zero-order valence-corrected chi connectivity index (χ0v) is 21.1. The number of nitrogens with one attached hydrogen (secondary N) is 2. The second-order valence-corrected chi connectivity index (χ2v) is 9.36. The number of benzene rings is 2. The van der Waals surface area contributed by atoms with E-state index in [0.29, 0.717) is 31.2 Å². The van der Waals surface area contributed by atoms with Crippen LogP contribution in [0, 0.1) is 0 Å². The van der Waals surface area contributed by atoms with Gasteiger partial charge in [-0.25, -0.2) is 4.79 Å². The molecule has 8 nitrogen and oxygen atoms in total. The van der Waals surface area contributed by atoms with Crippen LogP contribution >= 0.6 is 11.6 Å². The molecule has 1 aromatic heterocycles. The normalized spacial score (nSPS) is 16.8. The minimum absolute atomic E-state index is 0.212. The van der Waals surface area contributed by atoms with E-state index in [2.05, 4.69) is 21.4 Å². The highest BCUT2D eigenvalue weighted by molar-refractivity contribution is 6.31. The third kappa shape index (κ3) is 5.24. The number of nitrogens with zero attached hydrogens (tertiary/aromatic N) is 2. The molecule has 0 bridgehead atoms. The highest BCUT2D eigenvalue weighted by Gasteiger charge is 2.35. The van der Waals surface area contributed by atoms with Crippen LogP contribution in [0.2, 0.25) is 5.02 Å². The van der Waals surface area contributed by atoms with Crippen LogP contribution in [0.1, 0.15) is 29.3 Å². The molecule has 0 saturated carbocycles. The Hall–Kier alpha value is -3.36. The summed E-state index contributed by atoms with van der Waals surface area (Å²) in [5, 5.41) is 4.95. The molecular formula is C27H31ClN4O4. The highest BCUT2D eigenvalue weighted by atomic mass is 35.5. The van der Waals surface area contributed by atoms with Crippen molar-refractivity contribution in [2.24, 2.45) is 0 Å². The van der Waals surface area contributed by atoms with Crippen LogP contribution in [0.4, 0.5) is 4.79 Å². The summed E-state index contributed by atoms with van der Waals surface area (Å²) in [6, 6.07) is 13.5. The fourth-order valence-corrected chi connectivity index (χ4v) is 5.01. The summed E-state index contributed by atoms with van der Waals surface area (Å²) in [5.74, 6) is 0.808. The molecule has 1 amide bonds. The van der Waals surface area contributed by atoms with E-state index in [1.54, 1.807) is 12.0 Å². The van der Waals surface area contributed by atoms with Crippen LogP contribution in [-0.4, -0.2) is 67.6 Å². The van der Waals surface area contributed by atoms with E-state index < -0.39 is 0 Å². The van der Waals surface area contributed by atoms with E-state index in [1.165, 1.54) is 5.56 Å². The van der Waals surface area contributed by atoms with Crippen LogP contribution in [0.3, 0.4) is 0 Å². The molecule has 190 valence electrons. The van der Waals surface area contributed by atoms with Crippen molar-refractivity contribution in [2.75, 3.05) is 46.7 Å². The number of aromatic amines is 1. The Morgan fingerprint density at radius 2 is 2.00 bits per heavy atom. The van der Waals surface area contributed by atoms with Crippen molar-refractivity contribution in [3.8, 4) is 5.75 Å². The van der Waals surface area contributed by atoms with E-state index in [4.69, 9.17) is 25.8 Å². The Bertz CT molecular complexity index is 1230. The summed E-state index contributed by atoms with van der Waals surface area (Å²) in [5.41, 5.74) is 4.16. The Morgan fingerprint density at radius 1 is 1.14 bits per heavy atom. The summed E-state index contributed by atoms with van der Waals surface area (Å²) in [4.78, 5) is 20.6. The number of aromatic nitrogens is 1.